The highest BCUT2D eigenvalue weighted by Crippen LogP contribution is 2.23. The number of aromatic nitrogens is 1. The van der Waals surface area contributed by atoms with Gasteiger partial charge in [-0.3, -0.25) is 9.78 Å². The maximum Gasteiger partial charge on any atom is 0.253 e. The Bertz CT molecular complexity index is 596. The number of carbonyl (C=O) groups excluding carboxylic acids is 1. The summed E-state index contributed by atoms with van der Waals surface area (Å²) in [5.41, 5.74) is 7.98. The fourth-order valence-electron chi connectivity index (χ4n) is 2.34. The number of hydrogen-bond acceptors (Lipinski definition) is 3. The highest BCUT2D eigenvalue weighted by Gasteiger charge is 2.18. The summed E-state index contributed by atoms with van der Waals surface area (Å²) in [5, 5.41) is 2.97. The Labute approximate surface area is 125 Å². The van der Waals surface area contributed by atoms with Crippen LogP contribution in [0.2, 0.25) is 0 Å². The molecule has 4 heteroatoms. The lowest BCUT2D eigenvalue weighted by Gasteiger charge is -2.21. The van der Waals surface area contributed by atoms with Crippen molar-refractivity contribution in [3.05, 3.63) is 59.9 Å². The largest absolute Gasteiger partial charge is 0.398 e. The molecule has 0 radical (unpaired) electrons. The van der Waals surface area contributed by atoms with Crippen molar-refractivity contribution in [2.75, 3.05) is 12.3 Å². The maximum atomic E-state index is 12.2. The van der Waals surface area contributed by atoms with Crippen LogP contribution in [0.25, 0.3) is 0 Å². The molecule has 1 aromatic heterocycles. The second kappa shape index (κ2) is 6.88. The number of carbonyl (C=O) groups is 1. The molecule has 0 bridgehead atoms. The van der Waals surface area contributed by atoms with Crippen molar-refractivity contribution in [1.29, 1.82) is 0 Å². The lowest BCUT2D eigenvalue weighted by atomic mass is 9.89. The number of pyridine rings is 1. The number of anilines is 1. The number of hydrogen-bond donors (Lipinski definition) is 2. The van der Waals surface area contributed by atoms with E-state index in [1.54, 1.807) is 18.3 Å². The third kappa shape index (κ3) is 3.81. The molecule has 3 N–H and O–H groups in total. The number of rotatable bonds is 5. The first-order valence-corrected chi connectivity index (χ1v) is 7.12. The zero-order chi connectivity index (χ0) is 15.2. The molecular formula is C17H21N3O. The molecule has 2 rings (SSSR count). The fraction of sp³-hybridized carbons (Fsp3) is 0.294. The fourth-order valence-corrected chi connectivity index (χ4v) is 2.34. The first kappa shape index (κ1) is 15.0. The van der Waals surface area contributed by atoms with Gasteiger partial charge in [0, 0.05) is 30.5 Å². The second-order valence-electron chi connectivity index (χ2n) is 5.43. The molecule has 0 aliphatic heterocycles. The lowest BCUT2D eigenvalue weighted by molar-refractivity contribution is 0.0950. The van der Waals surface area contributed by atoms with Crippen LogP contribution in [0.3, 0.4) is 0 Å². The third-order valence-electron chi connectivity index (χ3n) is 3.61. The smallest absolute Gasteiger partial charge is 0.253 e. The minimum absolute atomic E-state index is 0.136. The van der Waals surface area contributed by atoms with Gasteiger partial charge < -0.3 is 11.1 Å². The van der Waals surface area contributed by atoms with Crippen LogP contribution >= 0.6 is 0 Å². The van der Waals surface area contributed by atoms with Crippen molar-refractivity contribution in [2.24, 2.45) is 5.92 Å². The molecule has 0 spiro atoms. The molecule has 0 aliphatic carbocycles. The first-order chi connectivity index (χ1) is 10.1. The van der Waals surface area contributed by atoms with E-state index in [0.29, 0.717) is 23.7 Å². The number of benzene rings is 1. The molecular weight excluding hydrogens is 262 g/mol. The van der Waals surface area contributed by atoms with Crippen LogP contribution in [0.15, 0.2) is 48.8 Å². The van der Waals surface area contributed by atoms with Crippen molar-refractivity contribution in [3.8, 4) is 0 Å². The van der Waals surface area contributed by atoms with Crippen LogP contribution in [0.5, 0.6) is 0 Å². The van der Waals surface area contributed by atoms with Gasteiger partial charge >= 0.3 is 0 Å². The highest BCUT2D eigenvalue weighted by atomic mass is 16.1. The predicted molar refractivity (Wildman–Crippen MR) is 85.0 cm³/mol. The Morgan fingerprint density at radius 1 is 1.24 bits per heavy atom. The molecule has 0 fully saturated rings. The molecule has 4 nitrogen and oxygen atoms in total. The molecule has 1 atom stereocenters. The van der Waals surface area contributed by atoms with Gasteiger partial charge in [0.2, 0.25) is 0 Å². The molecule has 1 aromatic carbocycles. The average molecular weight is 283 g/mol. The van der Waals surface area contributed by atoms with Crippen LogP contribution in [-0.2, 0) is 0 Å². The summed E-state index contributed by atoms with van der Waals surface area (Å²) in [6, 6.07) is 11.1. The summed E-state index contributed by atoms with van der Waals surface area (Å²) in [4.78, 5) is 16.4. The maximum absolute atomic E-state index is 12.2. The summed E-state index contributed by atoms with van der Waals surface area (Å²) >= 11 is 0. The van der Waals surface area contributed by atoms with E-state index in [9.17, 15) is 4.79 Å². The quantitative estimate of drug-likeness (QED) is 0.829. The topological polar surface area (TPSA) is 68.0 Å². The van der Waals surface area contributed by atoms with Gasteiger partial charge in [-0.05, 0) is 29.7 Å². The Kier molecular flexibility index (Phi) is 4.93. The van der Waals surface area contributed by atoms with Crippen molar-refractivity contribution in [2.45, 2.75) is 19.8 Å². The molecule has 21 heavy (non-hydrogen) atoms. The van der Waals surface area contributed by atoms with Gasteiger partial charge in [0.1, 0.15) is 0 Å². The van der Waals surface area contributed by atoms with Gasteiger partial charge in [-0.15, -0.1) is 0 Å². The summed E-state index contributed by atoms with van der Waals surface area (Å²) in [6.07, 6.45) is 3.61. The average Bonchev–Trinajstić information content (AvgIpc) is 2.48. The molecule has 1 heterocycles. The number of nitrogens with zero attached hydrogens (tertiary/aromatic N) is 1. The van der Waals surface area contributed by atoms with Crippen LogP contribution in [0.1, 0.15) is 35.7 Å². The third-order valence-corrected chi connectivity index (χ3v) is 3.61. The number of nitrogen functional groups attached to an aromatic ring is 1. The van der Waals surface area contributed by atoms with E-state index >= 15 is 0 Å². The highest BCUT2D eigenvalue weighted by molar-refractivity contribution is 5.99. The SMILES string of the molecule is CC(C)C(CNC(=O)c1ccccc1N)c1cccnc1. The predicted octanol–water partition coefficient (Wildman–Crippen LogP) is 2.83. The van der Waals surface area contributed by atoms with E-state index < -0.39 is 0 Å². The molecule has 1 unspecified atom stereocenters. The van der Waals surface area contributed by atoms with Crippen LogP contribution < -0.4 is 11.1 Å². The summed E-state index contributed by atoms with van der Waals surface area (Å²) in [6.45, 7) is 4.85. The molecule has 0 saturated heterocycles. The molecule has 0 aliphatic rings. The molecule has 1 amide bonds. The van der Waals surface area contributed by atoms with E-state index in [1.165, 1.54) is 0 Å². The minimum Gasteiger partial charge on any atom is -0.398 e. The lowest BCUT2D eigenvalue weighted by Crippen LogP contribution is -2.30. The number of nitrogens with one attached hydrogen (secondary N) is 1. The summed E-state index contributed by atoms with van der Waals surface area (Å²) < 4.78 is 0. The van der Waals surface area contributed by atoms with E-state index in [4.69, 9.17) is 5.73 Å². The monoisotopic (exact) mass is 283 g/mol. The number of amides is 1. The summed E-state index contributed by atoms with van der Waals surface area (Å²) in [7, 11) is 0. The van der Waals surface area contributed by atoms with Gasteiger partial charge in [-0.25, -0.2) is 0 Å². The van der Waals surface area contributed by atoms with Gasteiger partial charge in [-0.2, -0.15) is 0 Å². The second-order valence-corrected chi connectivity index (χ2v) is 5.43. The van der Waals surface area contributed by atoms with Crippen LogP contribution in [-0.4, -0.2) is 17.4 Å². The normalized spacial score (nSPS) is 12.1. The standard InChI is InChI=1S/C17H21N3O/c1-12(2)15(13-6-5-9-19-10-13)11-20-17(21)14-7-3-4-8-16(14)18/h3-10,12,15H,11,18H2,1-2H3,(H,20,21). The molecule has 2 aromatic rings. The van der Waals surface area contributed by atoms with E-state index in [2.05, 4.69) is 24.1 Å². The molecule has 0 saturated carbocycles. The van der Waals surface area contributed by atoms with Crippen molar-refractivity contribution >= 4 is 11.6 Å². The van der Waals surface area contributed by atoms with Gasteiger partial charge in [-0.1, -0.05) is 32.0 Å². The Morgan fingerprint density at radius 2 is 2.00 bits per heavy atom. The minimum atomic E-state index is -0.136. The van der Waals surface area contributed by atoms with Crippen molar-refractivity contribution in [1.82, 2.24) is 10.3 Å². The van der Waals surface area contributed by atoms with E-state index in [1.807, 2.05) is 30.5 Å². The Balaban J connectivity index is 2.06. The number of nitrogens with two attached hydrogens (primary N) is 1. The molecule has 110 valence electrons. The van der Waals surface area contributed by atoms with Gasteiger partial charge in [0.05, 0.1) is 5.56 Å². The van der Waals surface area contributed by atoms with E-state index in [0.717, 1.165) is 5.56 Å². The zero-order valence-corrected chi connectivity index (χ0v) is 12.4. The van der Waals surface area contributed by atoms with Crippen LogP contribution in [0, 0.1) is 5.92 Å². The Hall–Kier alpha value is -2.36. The van der Waals surface area contributed by atoms with Crippen molar-refractivity contribution < 1.29 is 4.79 Å². The summed E-state index contributed by atoms with van der Waals surface area (Å²) in [5.74, 6) is 0.498. The number of para-hydroxylation sites is 1. The van der Waals surface area contributed by atoms with Gasteiger partial charge in [0.15, 0.2) is 0 Å². The van der Waals surface area contributed by atoms with E-state index in [-0.39, 0.29) is 11.8 Å². The Morgan fingerprint density at radius 3 is 2.62 bits per heavy atom. The van der Waals surface area contributed by atoms with Crippen molar-refractivity contribution in [3.63, 3.8) is 0 Å². The van der Waals surface area contributed by atoms with Crippen LogP contribution in [0.4, 0.5) is 5.69 Å². The van der Waals surface area contributed by atoms with Gasteiger partial charge in [0.25, 0.3) is 5.91 Å². The first-order valence-electron chi connectivity index (χ1n) is 7.12. The zero-order valence-electron chi connectivity index (χ0n) is 12.4.